The van der Waals surface area contributed by atoms with E-state index < -0.39 is 0 Å². The van der Waals surface area contributed by atoms with Crippen LogP contribution >= 0.6 is 0 Å². The minimum Gasteiger partial charge on any atom is -0.336 e. The fourth-order valence-corrected chi connectivity index (χ4v) is 2.22. The number of imide groups is 1. The minimum atomic E-state index is -0.272. The van der Waals surface area contributed by atoms with Gasteiger partial charge in [0.15, 0.2) is 0 Å². The number of carbonyl (C=O) groups is 2. The van der Waals surface area contributed by atoms with Crippen molar-refractivity contribution in [2.75, 3.05) is 32.7 Å². The van der Waals surface area contributed by atoms with E-state index in [0.717, 1.165) is 25.9 Å². The molecule has 2 heterocycles. The van der Waals surface area contributed by atoms with E-state index in [4.69, 9.17) is 5.73 Å². The Labute approximate surface area is 94.7 Å². The van der Waals surface area contributed by atoms with Crippen molar-refractivity contribution in [1.29, 1.82) is 0 Å². The molecule has 2 fully saturated rings. The van der Waals surface area contributed by atoms with Gasteiger partial charge in [0.05, 0.1) is 6.54 Å². The van der Waals surface area contributed by atoms with Gasteiger partial charge in [-0.15, -0.1) is 0 Å². The van der Waals surface area contributed by atoms with Gasteiger partial charge in [-0.05, 0) is 19.4 Å². The van der Waals surface area contributed by atoms with Crippen LogP contribution in [0.1, 0.15) is 12.8 Å². The molecular weight excluding hydrogens is 208 g/mol. The van der Waals surface area contributed by atoms with Crippen molar-refractivity contribution < 1.29 is 9.59 Å². The number of nitrogens with zero attached hydrogens (tertiary/aromatic N) is 2. The maximum absolute atomic E-state index is 11.8. The summed E-state index contributed by atoms with van der Waals surface area (Å²) in [5.74, 6) is -0.121. The van der Waals surface area contributed by atoms with E-state index in [1.54, 1.807) is 0 Å². The van der Waals surface area contributed by atoms with Crippen molar-refractivity contribution in [3.05, 3.63) is 0 Å². The lowest BCUT2D eigenvalue weighted by Gasteiger charge is -2.30. The lowest BCUT2D eigenvalue weighted by atomic mass is 10.1. The predicted molar refractivity (Wildman–Crippen MR) is 58.8 cm³/mol. The second-order valence-electron chi connectivity index (χ2n) is 4.41. The fourth-order valence-electron chi connectivity index (χ4n) is 2.22. The van der Waals surface area contributed by atoms with Crippen LogP contribution in [-0.4, -0.2) is 60.5 Å². The normalized spacial score (nSPS) is 26.9. The van der Waals surface area contributed by atoms with Crippen LogP contribution in [0.5, 0.6) is 0 Å². The quantitative estimate of drug-likeness (QED) is 0.630. The first-order valence-electron chi connectivity index (χ1n) is 5.73. The molecule has 2 aliphatic rings. The van der Waals surface area contributed by atoms with Gasteiger partial charge in [-0.25, -0.2) is 4.79 Å². The number of hydrogen-bond acceptors (Lipinski definition) is 4. The zero-order chi connectivity index (χ0) is 11.5. The molecule has 0 bridgehead atoms. The highest BCUT2D eigenvalue weighted by atomic mass is 16.2. The van der Waals surface area contributed by atoms with Gasteiger partial charge in [0.25, 0.3) is 0 Å². The van der Waals surface area contributed by atoms with E-state index in [1.165, 1.54) is 4.90 Å². The highest BCUT2D eigenvalue weighted by Crippen LogP contribution is 2.08. The van der Waals surface area contributed by atoms with E-state index in [1.807, 2.05) is 4.90 Å². The first-order valence-corrected chi connectivity index (χ1v) is 5.73. The molecule has 0 aromatic rings. The Bertz CT molecular complexity index is 295. The van der Waals surface area contributed by atoms with E-state index in [9.17, 15) is 9.59 Å². The van der Waals surface area contributed by atoms with Crippen LogP contribution in [0.25, 0.3) is 0 Å². The molecule has 0 radical (unpaired) electrons. The van der Waals surface area contributed by atoms with Crippen LogP contribution in [-0.2, 0) is 4.79 Å². The monoisotopic (exact) mass is 226 g/mol. The average Bonchev–Trinajstić information content (AvgIpc) is 2.64. The molecule has 3 amide bonds. The smallest absolute Gasteiger partial charge is 0.324 e. The summed E-state index contributed by atoms with van der Waals surface area (Å²) >= 11 is 0. The largest absolute Gasteiger partial charge is 0.336 e. The third kappa shape index (κ3) is 2.51. The number of hydrogen-bond donors (Lipinski definition) is 2. The van der Waals surface area contributed by atoms with Crippen LogP contribution in [0.2, 0.25) is 0 Å². The van der Waals surface area contributed by atoms with Crippen LogP contribution in [0.3, 0.4) is 0 Å². The van der Waals surface area contributed by atoms with Crippen molar-refractivity contribution >= 4 is 11.9 Å². The molecule has 0 saturated carbocycles. The van der Waals surface area contributed by atoms with Gasteiger partial charge >= 0.3 is 6.03 Å². The second-order valence-corrected chi connectivity index (χ2v) is 4.41. The van der Waals surface area contributed by atoms with Crippen molar-refractivity contribution in [2.45, 2.75) is 18.9 Å². The molecule has 0 aromatic heterocycles. The van der Waals surface area contributed by atoms with Gasteiger partial charge in [-0.1, -0.05) is 0 Å². The zero-order valence-corrected chi connectivity index (χ0v) is 9.32. The third-order valence-electron chi connectivity index (χ3n) is 3.06. The Morgan fingerprint density at radius 1 is 1.50 bits per heavy atom. The molecule has 1 atom stereocenters. The fraction of sp³-hybridized carbons (Fsp3) is 0.800. The summed E-state index contributed by atoms with van der Waals surface area (Å²) in [7, 11) is 0. The lowest BCUT2D eigenvalue weighted by Crippen LogP contribution is -2.48. The van der Waals surface area contributed by atoms with Crippen LogP contribution < -0.4 is 11.1 Å². The number of likely N-dealkylation sites (tertiary alicyclic amines) is 1. The Hall–Kier alpha value is -1.14. The Morgan fingerprint density at radius 3 is 2.94 bits per heavy atom. The molecule has 0 aliphatic carbocycles. The Kier molecular flexibility index (Phi) is 3.40. The first-order chi connectivity index (χ1) is 7.66. The Balaban J connectivity index is 1.84. The zero-order valence-electron chi connectivity index (χ0n) is 9.32. The van der Waals surface area contributed by atoms with Gasteiger partial charge in [-0.2, -0.15) is 0 Å². The summed E-state index contributed by atoms with van der Waals surface area (Å²) in [6.45, 7) is 3.00. The number of rotatable bonds is 2. The maximum atomic E-state index is 11.8. The number of carbonyl (C=O) groups excluding carboxylic acids is 2. The van der Waals surface area contributed by atoms with Crippen molar-refractivity contribution in [3.63, 3.8) is 0 Å². The van der Waals surface area contributed by atoms with Gasteiger partial charge in [-0.3, -0.25) is 14.6 Å². The molecule has 2 rings (SSSR count). The Morgan fingerprint density at radius 2 is 2.31 bits per heavy atom. The minimum absolute atomic E-state index is 0.121. The number of nitrogens with one attached hydrogen (secondary N) is 1. The van der Waals surface area contributed by atoms with Crippen LogP contribution in [0.15, 0.2) is 0 Å². The SMILES string of the molecule is N[C@@H]1CCCN(CC(=O)N2CCNC2=O)C1. The van der Waals surface area contributed by atoms with E-state index in [-0.39, 0.29) is 18.0 Å². The first kappa shape index (κ1) is 11.3. The van der Waals surface area contributed by atoms with Crippen LogP contribution in [0, 0.1) is 0 Å². The molecule has 0 unspecified atom stereocenters. The van der Waals surface area contributed by atoms with E-state index >= 15 is 0 Å². The molecule has 90 valence electrons. The maximum Gasteiger partial charge on any atom is 0.324 e. The molecule has 0 aromatic carbocycles. The molecule has 6 heteroatoms. The second kappa shape index (κ2) is 4.80. The number of nitrogens with two attached hydrogens (primary N) is 1. The average molecular weight is 226 g/mol. The van der Waals surface area contributed by atoms with Crippen molar-refractivity contribution in [1.82, 2.24) is 15.1 Å². The summed E-state index contributed by atoms with van der Waals surface area (Å²) in [5.41, 5.74) is 5.84. The lowest BCUT2D eigenvalue weighted by molar-refractivity contribution is -0.129. The predicted octanol–water partition coefficient (Wildman–Crippen LogP) is -1.04. The summed E-state index contributed by atoms with van der Waals surface area (Å²) in [4.78, 5) is 26.4. The molecular formula is C10H18N4O2. The molecule has 6 nitrogen and oxygen atoms in total. The van der Waals surface area contributed by atoms with Gasteiger partial charge in [0, 0.05) is 25.7 Å². The number of amides is 3. The molecule has 16 heavy (non-hydrogen) atoms. The van der Waals surface area contributed by atoms with Gasteiger partial charge in [0.2, 0.25) is 5.91 Å². The number of piperidine rings is 1. The van der Waals surface area contributed by atoms with Crippen LogP contribution in [0.4, 0.5) is 4.79 Å². The topological polar surface area (TPSA) is 78.7 Å². The highest BCUT2D eigenvalue weighted by molar-refractivity contribution is 5.96. The number of urea groups is 1. The highest BCUT2D eigenvalue weighted by Gasteiger charge is 2.28. The van der Waals surface area contributed by atoms with E-state index in [2.05, 4.69) is 5.32 Å². The van der Waals surface area contributed by atoms with Crippen molar-refractivity contribution in [3.8, 4) is 0 Å². The molecule has 2 saturated heterocycles. The summed E-state index contributed by atoms with van der Waals surface area (Å²) < 4.78 is 0. The van der Waals surface area contributed by atoms with Gasteiger partial charge in [0.1, 0.15) is 0 Å². The van der Waals surface area contributed by atoms with Crippen molar-refractivity contribution in [2.24, 2.45) is 5.73 Å². The summed E-state index contributed by atoms with van der Waals surface area (Å²) in [6.07, 6.45) is 2.05. The molecule has 0 spiro atoms. The molecule has 3 N–H and O–H groups in total. The standard InChI is InChI=1S/C10H18N4O2/c11-8-2-1-4-13(6-8)7-9(15)14-5-3-12-10(14)16/h8H,1-7,11H2,(H,12,16)/t8-/m1/s1. The summed E-state index contributed by atoms with van der Waals surface area (Å²) in [5, 5.41) is 2.62. The third-order valence-corrected chi connectivity index (χ3v) is 3.06. The van der Waals surface area contributed by atoms with E-state index in [0.29, 0.717) is 19.6 Å². The molecule has 2 aliphatic heterocycles. The van der Waals surface area contributed by atoms with Gasteiger partial charge < -0.3 is 11.1 Å². The summed E-state index contributed by atoms with van der Waals surface area (Å²) in [6, 6.07) is -0.111.